The summed E-state index contributed by atoms with van der Waals surface area (Å²) >= 11 is 0. The van der Waals surface area contributed by atoms with Gasteiger partial charge in [0.2, 0.25) is 0 Å². The van der Waals surface area contributed by atoms with Crippen LogP contribution in [0.25, 0.3) is 0 Å². The van der Waals surface area contributed by atoms with Gasteiger partial charge in [-0.15, -0.1) is 0 Å². The lowest BCUT2D eigenvalue weighted by atomic mass is 10.1. The first-order chi connectivity index (χ1) is 10.6. The van der Waals surface area contributed by atoms with Gasteiger partial charge in [-0.05, 0) is 24.6 Å². The summed E-state index contributed by atoms with van der Waals surface area (Å²) in [6.45, 7) is 2.37. The minimum absolute atomic E-state index is 0.0756. The zero-order valence-electron chi connectivity index (χ0n) is 12.8. The number of nitrogens with one attached hydrogen (secondary N) is 2. The molecule has 7 nitrogen and oxygen atoms in total. The van der Waals surface area contributed by atoms with Crippen LogP contribution in [0.1, 0.15) is 18.5 Å². The molecule has 0 spiro atoms. The molecule has 1 aromatic carbocycles. The van der Waals surface area contributed by atoms with Crippen LogP contribution in [0.4, 0.5) is 0 Å². The van der Waals surface area contributed by atoms with E-state index in [9.17, 15) is 9.59 Å². The van der Waals surface area contributed by atoms with E-state index in [0.717, 1.165) is 11.3 Å². The largest absolute Gasteiger partial charge is 0.497 e. The minimum atomic E-state index is -0.715. The van der Waals surface area contributed by atoms with E-state index in [2.05, 4.69) is 10.6 Å². The van der Waals surface area contributed by atoms with Gasteiger partial charge in [-0.25, -0.2) is 0 Å². The van der Waals surface area contributed by atoms with Crippen LogP contribution in [0, 0.1) is 0 Å². The number of methoxy groups -OCH3 is 1. The van der Waals surface area contributed by atoms with Crippen LogP contribution in [0.5, 0.6) is 5.75 Å². The van der Waals surface area contributed by atoms with Crippen molar-refractivity contribution in [1.29, 1.82) is 0 Å². The zero-order valence-corrected chi connectivity index (χ0v) is 12.8. The van der Waals surface area contributed by atoms with Crippen molar-refractivity contribution in [3.63, 3.8) is 0 Å². The third-order valence-electron chi connectivity index (χ3n) is 2.94. The average Bonchev–Trinajstić information content (AvgIpc) is 2.54. The Morgan fingerprint density at radius 1 is 1.18 bits per heavy atom. The van der Waals surface area contributed by atoms with Crippen LogP contribution >= 0.6 is 0 Å². The van der Waals surface area contributed by atoms with Crippen LogP contribution in [0.3, 0.4) is 0 Å². The van der Waals surface area contributed by atoms with E-state index in [1.165, 1.54) is 0 Å². The summed E-state index contributed by atoms with van der Waals surface area (Å²) in [4.78, 5) is 23.3. The van der Waals surface area contributed by atoms with Crippen molar-refractivity contribution in [2.75, 3.05) is 33.5 Å². The van der Waals surface area contributed by atoms with Crippen molar-refractivity contribution in [1.82, 2.24) is 10.6 Å². The maximum atomic E-state index is 11.7. The van der Waals surface area contributed by atoms with E-state index >= 15 is 0 Å². The topological polar surface area (TPSA) is 96.9 Å². The Labute approximate surface area is 129 Å². The average molecular weight is 310 g/mol. The third-order valence-corrected chi connectivity index (χ3v) is 2.94. The van der Waals surface area contributed by atoms with E-state index < -0.39 is 11.8 Å². The van der Waals surface area contributed by atoms with E-state index in [4.69, 9.17) is 14.6 Å². The summed E-state index contributed by atoms with van der Waals surface area (Å²) in [5, 5.41) is 13.6. The maximum absolute atomic E-state index is 11.7. The first-order valence-corrected chi connectivity index (χ1v) is 6.99. The van der Waals surface area contributed by atoms with Gasteiger partial charge in [-0.3, -0.25) is 9.59 Å². The Morgan fingerprint density at radius 3 is 2.45 bits per heavy atom. The number of aliphatic hydroxyl groups excluding tert-OH is 1. The second-order valence-corrected chi connectivity index (χ2v) is 4.56. The number of ether oxygens (including phenoxy) is 2. The van der Waals surface area contributed by atoms with E-state index in [-0.39, 0.29) is 32.4 Å². The Morgan fingerprint density at radius 2 is 1.86 bits per heavy atom. The van der Waals surface area contributed by atoms with Gasteiger partial charge in [-0.1, -0.05) is 12.1 Å². The van der Waals surface area contributed by atoms with Gasteiger partial charge < -0.3 is 25.2 Å². The Bertz CT molecular complexity index is 475. The monoisotopic (exact) mass is 310 g/mol. The molecular weight excluding hydrogens is 288 g/mol. The van der Waals surface area contributed by atoms with Crippen molar-refractivity contribution in [2.45, 2.75) is 13.0 Å². The van der Waals surface area contributed by atoms with E-state index in [0.29, 0.717) is 0 Å². The third kappa shape index (κ3) is 6.11. The highest BCUT2D eigenvalue weighted by Crippen LogP contribution is 2.16. The highest BCUT2D eigenvalue weighted by molar-refractivity contribution is 6.35. The van der Waals surface area contributed by atoms with Crippen molar-refractivity contribution in [3.8, 4) is 5.75 Å². The summed E-state index contributed by atoms with van der Waals surface area (Å²) in [7, 11) is 1.58. The lowest BCUT2D eigenvalue weighted by molar-refractivity contribution is -0.139. The van der Waals surface area contributed by atoms with Gasteiger partial charge in [0.25, 0.3) is 0 Å². The number of aliphatic hydroxyl groups is 1. The first-order valence-electron chi connectivity index (χ1n) is 6.99. The number of benzene rings is 1. The van der Waals surface area contributed by atoms with Gasteiger partial charge in [0.15, 0.2) is 0 Å². The summed E-state index contributed by atoms with van der Waals surface area (Å²) in [5.74, 6) is -0.693. The minimum Gasteiger partial charge on any atom is -0.497 e. The fourth-order valence-electron chi connectivity index (χ4n) is 1.72. The Hall–Kier alpha value is -2.12. The van der Waals surface area contributed by atoms with Crippen LogP contribution in [-0.4, -0.2) is 50.4 Å². The number of carbonyl (C=O) groups excluding carboxylic acids is 2. The fraction of sp³-hybridized carbons (Fsp3) is 0.467. The molecule has 3 N–H and O–H groups in total. The quantitative estimate of drug-likeness (QED) is 0.464. The predicted octanol–water partition coefficient (Wildman–Crippen LogP) is -0.00250. The summed E-state index contributed by atoms with van der Waals surface area (Å²) in [5.41, 5.74) is 0.869. The molecule has 0 aliphatic carbocycles. The number of carbonyl (C=O) groups is 2. The molecular formula is C15H22N2O5. The standard InChI is InChI=1S/C15H22N2O5/c1-11(12-3-5-13(21-2)6-4-12)17-15(20)14(19)16-7-9-22-10-8-18/h3-6,11,18H,7-10H2,1-2H3,(H,16,19)(H,17,20). The molecule has 0 bridgehead atoms. The maximum Gasteiger partial charge on any atom is 0.309 e. The molecule has 0 saturated carbocycles. The highest BCUT2D eigenvalue weighted by atomic mass is 16.5. The molecule has 0 aliphatic heterocycles. The summed E-state index contributed by atoms with van der Waals surface area (Å²) in [6.07, 6.45) is 0. The molecule has 0 aromatic heterocycles. The number of hydrogen-bond acceptors (Lipinski definition) is 5. The molecule has 0 fully saturated rings. The van der Waals surface area contributed by atoms with Gasteiger partial charge in [0, 0.05) is 6.54 Å². The second-order valence-electron chi connectivity index (χ2n) is 4.56. The van der Waals surface area contributed by atoms with Gasteiger partial charge in [-0.2, -0.15) is 0 Å². The fourth-order valence-corrected chi connectivity index (χ4v) is 1.72. The van der Waals surface area contributed by atoms with Crippen LogP contribution in [0.15, 0.2) is 24.3 Å². The molecule has 0 radical (unpaired) electrons. The highest BCUT2D eigenvalue weighted by Gasteiger charge is 2.16. The van der Waals surface area contributed by atoms with Crippen molar-refractivity contribution in [3.05, 3.63) is 29.8 Å². The number of rotatable bonds is 8. The first kappa shape index (κ1) is 17.9. The number of hydrogen-bond donors (Lipinski definition) is 3. The second kappa shape index (κ2) is 9.75. The smallest absolute Gasteiger partial charge is 0.309 e. The molecule has 1 aromatic rings. The molecule has 2 amide bonds. The number of amides is 2. The van der Waals surface area contributed by atoms with Crippen LogP contribution < -0.4 is 15.4 Å². The van der Waals surface area contributed by atoms with E-state index in [1.807, 2.05) is 12.1 Å². The van der Waals surface area contributed by atoms with Gasteiger partial charge >= 0.3 is 11.8 Å². The molecule has 7 heteroatoms. The molecule has 0 aliphatic rings. The van der Waals surface area contributed by atoms with Crippen molar-refractivity contribution < 1.29 is 24.2 Å². The molecule has 1 unspecified atom stereocenters. The zero-order chi connectivity index (χ0) is 16.4. The summed E-state index contributed by atoms with van der Waals surface area (Å²) in [6, 6.07) is 6.93. The van der Waals surface area contributed by atoms with Gasteiger partial charge in [0.05, 0.1) is 33.0 Å². The van der Waals surface area contributed by atoms with E-state index in [1.54, 1.807) is 26.2 Å². The Kier molecular flexibility index (Phi) is 7.95. The molecule has 122 valence electrons. The molecule has 22 heavy (non-hydrogen) atoms. The lowest BCUT2D eigenvalue weighted by Gasteiger charge is -2.14. The van der Waals surface area contributed by atoms with Gasteiger partial charge in [0.1, 0.15) is 5.75 Å². The molecule has 0 saturated heterocycles. The molecule has 1 atom stereocenters. The van der Waals surface area contributed by atoms with Crippen molar-refractivity contribution in [2.24, 2.45) is 0 Å². The van der Waals surface area contributed by atoms with Crippen LogP contribution in [-0.2, 0) is 14.3 Å². The molecule has 1 rings (SSSR count). The van der Waals surface area contributed by atoms with Crippen molar-refractivity contribution >= 4 is 11.8 Å². The SMILES string of the molecule is COc1ccc(C(C)NC(=O)C(=O)NCCOCCO)cc1. The Balaban J connectivity index is 2.37. The normalized spacial score (nSPS) is 11.6. The molecule has 0 heterocycles. The lowest BCUT2D eigenvalue weighted by Crippen LogP contribution is -2.42. The van der Waals surface area contributed by atoms with Crippen LogP contribution in [0.2, 0.25) is 0 Å². The predicted molar refractivity (Wildman–Crippen MR) is 80.5 cm³/mol. The summed E-state index contributed by atoms with van der Waals surface area (Å²) < 4.78 is 10.0.